The Labute approximate surface area is 164 Å². The van der Waals surface area contributed by atoms with Crippen LogP contribution in [0.5, 0.6) is 0 Å². The first-order valence-electron chi connectivity index (χ1n) is 9.83. The Balaban J connectivity index is 1.41. The molecule has 1 saturated heterocycles. The average molecular weight is 383 g/mol. The molecule has 1 aromatic heterocycles. The standard InChI is InChI=1S/C21H26N4OS/c1-14-9-16-3-4-25-13-23-20(21(25)17(16)10-15(14)2)18-11-22-19(27-18)12-24-5-7-26-8-6-24/h9-11,13,20-21H,3-8,12H2,1-2H3. The number of aryl methyl sites for hydroxylation is 2. The van der Waals surface area contributed by atoms with Gasteiger partial charge in [0, 0.05) is 25.8 Å². The highest BCUT2D eigenvalue weighted by Gasteiger charge is 2.38. The van der Waals surface area contributed by atoms with E-state index in [0.717, 1.165) is 45.8 Å². The fraction of sp³-hybridized carbons (Fsp3) is 0.524. The summed E-state index contributed by atoms with van der Waals surface area (Å²) in [7, 11) is 0. The predicted molar refractivity (Wildman–Crippen MR) is 109 cm³/mol. The fourth-order valence-corrected chi connectivity index (χ4v) is 5.43. The van der Waals surface area contributed by atoms with E-state index < -0.39 is 0 Å². The van der Waals surface area contributed by atoms with Gasteiger partial charge in [0.1, 0.15) is 11.0 Å². The van der Waals surface area contributed by atoms with Gasteiger partial charge in [-0.1, -0.05) is 12.1 Å². The van der Waals surface area contributed by atoms with E-state index in [2.05, 4.69) is 48.3 Å². The molecular weight excluding hydrogens is 356 g/mol. The highest BCUT2D eigenvalue weighted by atomic mass is 32.1. The molecular formula is C21H26N4OS. The maximum absolute atomic E-state index is 5.45. The Morgan fingerprint density at radius 3 is 2.81 bits per heavy atom. The molecule has 4 heterocycles. The van der Waals surface area contributed by atoms with E-state index in [1.807, 2.05) is 11.3 Å². The van der Waals surface area contributed by atoms with E-state index in [-0.39, 0.29) is 6.04 Å². The highest BCUT2D eigenvalue weighted by molar-refractivity contribution is 7.11. The van der Waals surface area contributed by atoms with Gasteiger partial charge in [0.05, 0.1) is 37.0 Å². The van der Waals surface area contributed by atoms with Crippen LogP contribution in [-0.4, -0.2) is 54.0 Å². The van der Waals surface area contributed by atoms with E-state index in [4.69, 9.17) is 14.7 Å². The van der Waals surface area contributed by atoms with Gasteiger partial charge in [0.25, 0.3) is 0 Å². The van der Waals surface area contributed by atoms with E-state index in [1.54, 1.807) is 0 Å². The topological polar surface area (TPSA) is 41.0 Å². The van der Waals surface area contributed by atoms with E-state index in [9.17, 15) is 0 Å². The number of morpholine rings is 1. The number of nitrogens with zero attached hydrogens (tertiary/aromatic N) is 4. The molecule has 1 aromatic carbocycles. The van der Waals surface area contributed by atoms with Gasteiger partial charge in [-0.2, -0.15) is 0 Å². The summed E-state index contributed by atoms with van der Waals surface area (Å²) in [6, 6.07) is 5.26. The number of benzene rings is 1. The van der Waals surface area contributed by atoms with Crippen molar-refractivity contribution >= 4 is 17.7 Å². The summed E-state index contributed by atoms with van der Waals surface area (Å²) in [4.78, 5) is 15.8. The van der Waals surface area contributed by atoms with Gasteiger partial charge in [0.2, 0.25) is 0 Å². The van der Waals surface area contributed by atoms with Crippen molar-refractivity contribution in [1.82, 2.24) is 14.8 Å². The van der Waals surface area contributed by atoms with Crippen LogP contribution in [0.2, 0.25) is 0 Å². The van der Waals surface area contributed by atoms with Crippen LogP contribution >= 0.6 is 11.3 Å². The van der Waals surface area contributed by atoms with Gasteiger partial charge in [-0.05, 0) is 42.5 Å². The molecule has 3 aliphatic heterocycles. The quantitative estimate of drug-likeness (QED) is 0.817. The number of thiazole rings is 1. The number of aliphatic imine (C=N–C) groups is 1. The molecule has 0 aliphatic carbocycles. The molecule has 5 nitrogen and oxygen atoms in total. The van der Waals surface area contributed by atoms with Crippen LogP contribution in [0.1, 0.15) is 44.2 Å². The van der Waals surface area contributed by atoms with Crippen LogP contribution in [0.15, 0.2) is 23.3 Å². The van der Waals surface area contributed by atoms with Crippen LogP contribution in [0.25, 0.3) is 0 Å². The van der Waals surface area contributed by atoms with Gasteiger partial charge < -0.3 is 9.64 Å². The van der Waals surface area contributed by atoms with Crippen LogP contribution in [0.4, 0.5) is 0 Å². The maximum Gasteiger partial charge on any atom is 0.112 e. The zero-order valence-corrected chi connectivity index (χ0v) is 16.8. The van der Waals surface area contributed by atoms with E-state index in [0.29, 0.717) is 6.04 Å². The van der Waals surface area contributed by atoms with E-state index in [1.165, 1.54) is 32.1 Å². The summed E-state index contributed by atoms with van der Waals surface area (Å²) in [5.41, 5.74) is 5.71. The van der Waals surface area contributed by atoms with Gasteiger partial charge in [-0.25, -0.2) is 4.98 Å². The summed E-state index contributed by atoms with van der Waals surface area (Å²) < 4.78 is 5.45. The second kappa shape index (κ2) is 7.00. The number of hydrogen-bond donors (Lipinski definition) is 0. The Morgan fingerprint density at radius 2 is 1.96 bits per heavy atom. The Kier molecular flexibility index (Phi) is 4.50. The molecule has 0 bridgehead atoms. The lowest BCUT2D eigenvalue weighted by molar-refractivity contribution is 0.0341. The largest absolute Gasteiger partial charge is 0.379 e. The SMILES string of the molecule is Cc1cc2c(cc1C)C1C(c3cnc(CN4CCOCC4)s3)N=CN1CC2. The molecule has 0 radical (unpaired) electrons. The smallest absolute Gasteiger partial charge is 0.112 e. The summed E-state index contributed by atoms with van der Waals surface area (Å²) in [5, 5.41) is 1.19. The third-order valence-corrected chi connectivity index (χ3v) is 7.12. The van der Waals surface area contributed by atoms with Gasteiger partial charge >= 0.3 is 0 Å². The third kappa shape index (κ3) is 3.20. The van der Waals surface area contributed by atoms with Crippen molar-refractivity contribution in [3.05, 3.63) is 50.5 Å². The van der Waals surface area contributed by atoms with Crippen molar-refractivity contribution in [3.63, 3.8) is 0 Å². The van der Waals surface area contributed by atoms with Crippen molar-refractivity contribution in [2.24, 2.45) is 4.99 Å². The molecule has 0 saturated carbocycles. The summed E-state index contributed by atoms with van der Waals surface area (Å²) in [6.07, 6.45) is 5.23. The Bertz CT molecular complexity index is 871. The molecule has 3 aliphatic rings. The van der Waals surface area contributed by atoms with Gasteiger partial charge in [-0.15, -0.1) is 11.3 Å². The van der Waals surface area contributed by atoms with Crippen LogP contribution in [-0.2, 0) is 17.7 Å². The second-order valence-electron chi connectivity index (χ2n) is 7.82. The normalized spacial score (nSPS) is 24.9. The number of fused-ring (bicyclic) bond motifs is 3. The van der Waals surface area contributed by atoms with Gasteiger partial charge in [-0.3, -0.25) is 9.89 Å². The van der Waals surface area contributed by atoms with Crippen LogP contribution in [0, 0.1) is 13.8 Å². The lowest BCUT2D eigenvalue weighted by Crippen LogP contribution is -2.35. The van der Waals surface area contributed by atoms with Crippen molar-refractivity contribution in [2.75, 3.05) is 32.8 Å². The molecule has 5 rings (SSSR count). The molecule has 142 valence electrons. The van der Waals surface area contributed by atoms with Crippen molar-refractivity contribution in [2.45, 2.75) is 38.9 Å². The summed E-state index contributed by atoms with van der Waals surface area (Å²) >= 11 is 1.83. The zero-order valence-electron chi connectivity index (χ0n) is 16.0. The monoisotopic (exact) mass is 382 g/mol. The molecule has 0 spiro atoms. The number of aromatic nitrogens is 1. The number of ether oxygens (including phenoxy) is 1. The minimum atomic E-state index is 0.169. The molecule has 27 heavy (non-hydrogen) atoms. The van der Waals surface area contributed by atoms with Crippen LogP contribution < -0.4 is 0 Å². The highest BCUT2D eigenvalue weighted by Crippen LogP contribution is 2.45. The van der Waals surface area contributed by atoms with Crippen molar-refractivity contribution < 1.29 is 4.74 Å². The zero-order chi connectivity index (χ0) is 18.4. The molecule has 0 amide bonds. The predicted octanol–water partition coefficient (Wildman–Crippen LogP) is 3.27. The Hall–Kier alpha value is -1.76. The molecule has 6 heteroatoms. The van der Waals surface area contributed by atoms with Gasteiger partial charge in [0.15, 0.2) is 0 Å². The molecule has 0 N–H and O–H groups in total. The molecule has 2 unspecified atom stereocenters. The fourth-order valence-electron chi connectivity index (χ4n) is 4.39. The lowest BCUT2D eigenvalue weighted by atomic mass is 9.86. The summed E-state index contributed by atoms with van der Waals surface area (Å²) in [5.74, 6) is 0. The second-order valence-corrected chi connectivity index (χ2v) is 8.97. The lowest BCUT2D eigenvalue weighted by Gasteiger charge is -2.34. The minimum Gasteiger partial charge on any atom is -0.379 e. The first kappa shape index (κ1) is 17.3. The van der Waals surface area contributed by atoms with Crippen molar-refractivity contribution in [3.8, 4) is 0 Å². The third-order valence-electron chi connectivity index (χ3n) is 6.07. The maximum atomic E-state index is 5.45. The first-order valence-corrected chi connectivity index (χ1v) is 10.6. The number of rotatable bonds is 3. The Morgan fingerprint density at radius 1 is 1.15 bits per heavy atom. The molecule has 1 fully saturated rings. The first-order chi connectivity index (χ1) is 13.2. The van der Waals surface area contributed by atoms with Crippen molar-refractivity contribution in [1.29, 1.82) is 0 Å². The molecule has 2 atom stereocenters. The average Bonchev–Trinajstić information content (AvgIpc) is 3.30. The molecule has 2 aromatic rings. The summed E-state index contributed by atoms with van der Waals surface area (Å²) in [6.45, 7) is 10.1. The minimum absolute atomic E-state index is 0.169. The van der Waals surface area contributed by atoms with Crippen LogP contribution in [0.3, 0.4) is 0 Å². The van der Waals surface area contributed by atoms with E-state index >= 15 is 0 Å². The number of hydrogen-bond acceptors (Lipinski definition) is 6.